The molecule has 0 aliphatic carbocycles. The van der Waals surface area contributed by atoms with Gasteiger partial charge in [0.05, 0.1) is 6.61 Å². The van der Waals surface area contributed by atoms with Gasteiger partial charge in [-0.05, 0) is 25.8 Å². The summed E-state index contributed by atoms with van der Waals surface area (Å²) in [5.41, 5.74) is -0.216. The Hall–Kier alpha value is -1.60. The summed E-state index contributed by atoms with van der Waals surface area (Å²) in [6.45, 7) is 2.26. The first-order valence-corrected chi connectivity index (χ1v) is 8.67. The van der Waals surface area contributed by atoms with Gasteiger partial charge in [-0.15, -0.1) is 0 Å². The van der Waals surface area contributed by atoms with E-state index >= 15 is 0 Å². The smallest absolute Gasteiger partial charge is 0.222 e. The summed E-state index contributed by atoms with van der Waals surface area (Å²) in [7, 11) is 0. The van der Waals surface area contributed by atoms with E-state index in [1.165, 1.54) is 0 Å². The number of hydrogen-bond donors (Lipinski definition) is 1. The second-order valence-electron chi connectivity index (χ2n) is 7.20. The molecule has 7 heteroatoms. The quantitative estimate of drug-likeness (QED) is 0.900. The third-order valence-corrected chi connectivity index (χ3v) is 5.35. The summed E-state index contributed by atoms with van der Waals surface area (Å²) < 4.78 is 40.9. The monoisotopic (exact) mass is 356 g/mol. The lowest BCUT2D eigenvalue weighted by molar-refractivity contribution is -0.140. The van der Waals surface area contributed by atoms with Crippen molar-refractivity contribution in [2.24, 2.45) is 5.41 Å². The van der Waals surface area contributed by atoms with E-state index in [-0.39, 0.29) is 30.0 Å². The summed E-state index contributed by atoms with van der Waals surface area (Å²) >= 11 is 0. The maximum Gasteiger partial charge on any atom is 0.222 e. The first-order valence-electron chi connectivity index (χ1n) is 8.67. The van der Waals surface area contributed by atoms with E-state index < -0.39 is 17.5 Å². The average molecular weight is 356 g/mol. The van der Waals surface area contributed by atoms with Crippen molar-refractivity contribution >= 4 is 5.91 Å². The fourth-order valence-corrected chi connectivity index (χ4v) is 4.15. The van der Waals surface area contributed by atoms with Gasteiger partial charge in [0.15, 0.2) is 0 Å². The van der Waals surface area contributed by atoms with E-state index in [4.69, 9.17) is 5.11 Å². The van der Waals surface area contributed by atoms with Gasteiger partial charge in [-0.25, -0.2) is 13.2 Å². The molecule has 1 aromatic rings. The molecule has 1 amide bonds. The summed E-state index contributed by atoms with van der Waals surface area (Å²) in [5, 5.41) is 9.14. The molecule has 0 unspecified atom stereocenters. The molecule has 2 saturated heterocycles. The molecule has 1 atom stereocenters. The summed E-state index contributed by atoms with van der Waals surface area (Å²) in [6.07, 6.45) is 3.02. The van der Waals surface area contributed by atoms with Crippen molar-refractivity contribution in [2.75, 3.05) is 32.8 Å². The lowest BCUT2D eigenvalue weighted by Gasteiger charge is -2.48. The fourth-order valence-electron chi connectivity index (χ4n) is 4.15. The van der Waals surface area contributed by atoms with Crippen molar-refractivity contribution in [3.63, 3.8) is 0 Å². The molecule has 4 nitrogen and oxygen atoms in total. The Kier molecular flexibility index (Phi) is 5.34. The maximum absolute atomic E-state index is 13.9. The van der Waals surface area contributed by atoms with Crippen molar-refractivity contribution in [1.29, 1.82) is 0 Å². The highest BCUT2D eigenvalue weighted by Gasteiger charge is 2.41. The van der Waals surface area contributed by atoms with E-state index in [2.05, 4.69) is 0 Å². The number of aliphatic hydroxyl groups excluding tert-OH is 1. The van der Waals surface area contributed by atoms with Crippen LogP contribution in [0, 0.1) is 22.9 Å². The van der Waals surface area contributed by atoms with Crippen LogP contribution in [-0.4, -0.2) is 53.6 Å². The summed E-state index contributed by atoms with van der Waals surface area (Å²) in [4.78, 5) is 15.6. The van der Waals surface area contributed by atoms with Gasteiger partial charge in [-0.3, -0.25) is 9.69 Å². The van der Waals surface area contributed by atoms with Gasteiger partial charge in [0.1, 0.15) is 17.5 Å². The van der Waals surface area contributed by atoms with Crippen LogP contribution in [0.25, 0.3) is 0 Å². The minimum Gasteiger partial charge on any atom is -0.395 e. The number of hydrogen-bond acceptors (Lipinski definition) is 3. The normalized spacial score (nSPS) is 25.0. The van der Waals surface area contributed by atoms with Crippen molar-refractivity contribution in [3.8, 4) is 0 Å². The van der Waals surface area contributed by atoms with E-state index in [0.29, 0.717) is 44.7 Å². The number of nitrogens with zero attached hydrogens (tertiary/aromatic N) is 2. The zero-order valence-corrected chi connectivity index (χ0v) is 14.1. The van der Waals surface area contributed by atoms with Crippen LogP contribution in [0.15, 0.2) is 12.1 Å². The predicted molar refractivity (Wildman–Crippen MR) is 86.2 cm³/mol. The Balaban J connectivity index is 1.72. The van der Waals surface area contributed by atoms with Crippen LogP contribution < -0.4 is 0 Å². The van der Waals surface area contributed by atoms with Crippen LogP contribution >= 0.6 is 0 Å². The van der Waals surface area contributed by atoms with Gasteiger partial charge < -0.3 is 10.0 Å². The number of amides is 1. The van der Waals surface area contributed by atoms with E-state index in [1.807, 2.05) is 4.90 Å². The zero-order chi connectivity index (χ0) is 18.0. The Morgan fingerprint density at radius 1 is 1.12 bits per heavy atom. The molecule has 2 fully saturated rings. The van der Waals surface area contributed by atoms with Crippen molar-refractivity contribution < 1.29 is 23.1 Å². The highest BCUT2D eigenvalue weighted by Crippen LogP contribution is 2.39. The Morgan fingerprint density at radius 3 is 2.52 bits per heavy atom. The lowest BCUT2D eigenvalue weighted by atomic mass is 9.73. The number of rotatable bonds is 4. The lowest BCUT2D eigenvalue weighted by Crippen LogP contribution is -2.54. The number of benzene rings is 1. The van der Waals surface area contributed by atoms with Gasteiger partial charge in [-0.2, -0.15) is 0 Å². The van der Waals surface area contributed by atoms with Crippen LogP contribution in [0.1, 0.15) is 31.2 Å². The number of aliphatic hydroxyl groups is 1. The Bertz CT molecular complexity index is 632. The molecular weight excluding hydrogens is 333 g/mol. The molecule has 3 rings (SSSR count). The van der Waals surface area contributed by atoms with Gasteiger partial charge in [0.25, 0.3) is 0 Å². The van der Waals surface area contributed by atoms with Crippen LogP contribution in [0.4, 0.5) is 13.2 Å². The zero-order valence-electron chi connectivity index (χ0n) is 14.1. The number of halogens is 3. The molecular formula is C18H23F3N2O2. The fraction of sp³-hybridized carbons (Fsp3) is 0.611. The van der Waals surface area contributed by atoms with Crippen LogP contribution in [0.2, 0.25) is 0 Å². The molecule has 0 saturated carbocycles. The number of likely N-dealkylation sites (tertiary alicyclic amines) is 2. The third kappa shape index (κ3) is 3.98. The van der Waals surface area contributed by atoms with Crippen LogP contribution in [-0.2, 0) is 11.3 Å². The van der Waals surface area contributed by atoms with Gasteiger partial charge >= 0.3 is 0 Å². The second-order valence-corrected chi connectivity index (χ2v) is 7.20. The molecule has 2 aliphatic rings. The van der Waals surface area contributed by atoms with E-state index in [9.17, 15) is 18.0 Å². The van der Waals surface area contributed by atoms with Crippen molar-refractivity contribution in [1.82, 2.24) is 9.80 Å². The summed E-state index contributed by atoms with van der Waals surface area (Å²) in [6, 6.07) is 1.42. The standard InChI is InChI=1S/C18H23F3N2O2/c19-13-8-15(20)14(16(21)9-13)10-22-5-1-3-18(11-22)4-2-17(25)23(12-18)6-7-24/h8-9,24H,1-7,10-12H2/t18-/m0/s1. The van der Waals surface area contributed by atoms with Gasteiger partial charge in [0.2, 0.25) is 5.91 Å². The number of carbonyl (C=O) groups excluding carboxylic acids is 1. The van der Waals surface area contributed by atoms with Gasteiger partial charge in [-0.1, -0.05) is 0 Å². The number of carbonyl (C=O) groups is 1. The number of β-amino-alcohol motifs (C(OH)–C–C–N with tert-alkyl or cyclic N) is 1. The van der Waals surface area contributed by atoms with E-state index in [0.717, 1.165) is 19.3 Å². The number of piperidine rings is 2. The van der Waals surface area contributed by atoms with Gasteiger partial charge in [0, 0.05) is 55.7 Å². The minimum atomic E-state index is -0.917. The van der Waals surface area contributed by atoms with Crippen molar-refractivity contribution in [2.45, 2.75) is 32.2 Å². The molecule has 0 radical (unpaired) electrons. The van der Waals surface area contributed by atoms with Crippen molar-refractivity contribution in [3.05, 3.63) is 35.1 Å². The molecule has 1 spiro atoms. The average Bonchev–Trinajstić information content (AvgIpc) is 2.55. The second kappa shape index (κ2) is 7.33. The molecule has 2 aliphatic heterocycles. The molecule has 138 valence electrons. The van der Waals surface area contributed by atoms with Crippen LogP contribution in [0.5, 0.6) is 0 Å². The largest absolute Gasteiger partial charge is 0.395 e. The summed E-state index contributed by atoms with van der Waals surface area (Å²) in [5.74, 6) is -2.59. The Morgan fingerprint density at radius 2 is 1.84 bits per heavy atom. The third-order valence-electron chi connectivity index (χ3n) is 5.35. The molecule has 25 heavy (non-hydrogen) atoms. The van der Waals surface area contributed by atoms with E-state index in [1.54, 1.807) is 4.90 Å². The first kappa shape index (κ1) is 18.2. The molecule has 1 aromatic carbocycles. The molecule has 0 bridgehead atoms. The minimum absolute atomic E-state index is 0.0485. The molecule has 0 aromatic heterocycles. The molecule has 2 heterocycles. The predicted octanol–water partition coefficient (Wildman–Crippen LogP) is 2.30. The molecule has 1 N–H and O–H groups in total. The Labute approximate surface area is 145 Å². The SMILES string of the molecule is O=C1CC[C@]2(CCCN(Cc3c(F)cc(F)cc3F)C2)CN1CCO. The topological polar surface area (TPSA) is 43.8 Å². The maximum atomic E-state index is 13.9. The highest BCUT2D eigenvalue weighted by molar-refractivity contribution is 5.77. The first-order chi connectivity index (χ1) is 11.9. The van der Waals surface area contributed by atoms with Crippen LogP contribution in [0.3, 0.4) is 0 Å². The highest BCUT2D eigenvalue weighted by atomic mass is 19.1.